The maximum Gasteiger partial charge on any atom is 0.435 e. The molecular weight excluding hydrogens is 500 g/mol. The van der Waals surface area contributed by atoms with Gasteiger partial charge in [-0.3, -0.25) is 4.79 Å². The number of nitrogens with zero attached hydrogens (tertiary/aromatic N) is 2. The van der Waals surface area contributed by atoms with E-state index < -0.39 is 11.9 Å². The molecule has 1 aromatic heterocycles. The standard InChI is InChI=1S/C26H19Cl2F3N2O2/c1-15-12-17(20-7-4-3-6-19(20)16(2)34)10-11-23(15)35-14-18-13-24(26(29,30)31)32-33(18)25-21(27)8-5-9-22(25)28/h3-13H,14H2,1-2H3. The Kier molecular flexibility index (Phi) is 6.92. The molecule has 0 amide bonds. The van der Waals surface area contributed by atoms with Crippen molar-refractivity contribution in [3.63, 3.8) is 0 Å². The van der Waals surface area contributed by atoms with Crippen LogP contribution in [0.4, 0.5) is 13.2 Å². The Balaban J connectivity index is 1.66. The van der Waals surface area contributed by atoms with Gasteiger partial charge in [0.25, 0.3) is 0 Å². The molecule has 0 saturated carbocycles. The number of ketones is 1. The lowest BCUT2D eigenvalue weighted by atomic mass is 9.96. The highest BCUT2D eigenvalue weighted by atomic mass is 35.5. The van der Waals surface area contributed by atoms with E-state index in [1.165, 1.54) is 19.1 Å². The average Bonchev–Trinajstić information content (AvgIpc) is 3.22. The molecule has 0 radical (unpaired) electrons. The quantitative estimate of drug-likeness (QED) is 0.243. The van der Waals surface area contributed by atoms with E-state index in [2.05, 4.69) is 5.10 Å². The second-order valence-corrected chi connectivity index (χ2v) is 8.69. The third-order valence-electron chi connectivity index (χ3n) is 5.39. The van der Waals surface area contributed by atoms with E-state index >= 15 is 0 Å². The predicted molar refractivity (Wildman–Crippen MR) is 130 cm³/mol. The van der Waals surface area contributed by atoms with Crippen LogP contribution < -0.4 is 4.74 Å². The summed E-state index contributed by atoms with van der Waals surface area (Å²) in [6.07, 6.45) is -4.66. The number of rotatable bonds is 6. The number of ether oxygens (including phenoxy) is 1. The highest BCUT2D eigenvalue weighted by Gasteiger charge is 2.35. The summed E-state index contributed by atoms with van der Waals surface area (Å²) in [6, 6.07) is 18.2. The molecule has 4 nitrogen and oxygen atoms in total. The fraction of sp³-hybridized carbons (Fsp3) is 0.154. The third-order valence-corrected chi connectivity index (χ3v) is 6.00. The number of para-hydroxylation sites is 1. The van der Waals surface area contributed by atoms with Crippen molar-refractivity contribution in [1.29, 1.82) is 0 Å². The van der Waals surface area contributed by atoms with Gasteiger partial charge in [-0.2, -0.15) is 18.3 Å². The van der Waals surface area contributed by atoms with Crippen molar-refractivity contribution in [2.24, 2.45) is 0 Å². The number of alkyl halides is 3. The van der Waals surface area contributed by atoms with Gasteiger partial charge in [-0.15, -0.1) is 0 Å². The summed E-state index contributed by atoms with van der Waals surface area (Å²) in [4.78, 5) is 12.0. The molecule has 4 rings (SSSR count). The number of Topliss-reactive ketones (excluding diaryl/α,β-unsaturated/α-hetero) is 1. The molecule has 9 heteroatoms. The largest absolute Gasteiger partial charge is 0.487 e. The van der Waals surface area contributed by atoms with E-state index in [0.717, 1.165) is 27.4 Å². The minimum Gasteiger partial charge on any atom is -0.487 e. The van der Waals surface area contributed by atoms with E-state index in [0.29, 0.717) is 11.3 Å². The highest BCUT2D eigenvalue weighted by molar-refractivity contribution is 6.37. The summed E-state index contributed by atoms with van der Waals surface area (Å²) in [6.45, 7) is 3.11. The molecule has 0 aliphatic carbocycles. The van der Waals surface area contributed by atoms with Crippen LogP contribution in [0.3, 0.4) is 0 Å². The van der Waals surface area contributed by atoms with Crippen LogP contribution >= 0.6 is 23.2 Å². The van der Waals surface area contributed by atoms with Crippen molar-refractivity contribution in [3.05, 3.63) is 99.3 Å². The first-order valence-electron chi connectivity index (χ1n) is 10.5. The van der Waals surface area contributed by atoms with Crippen LogP contribution in [0.25, 0.3) is 16.8 Å². The lowest BCUT2D eigenvalue weighted by Crippen LogP contribution is -2.09. The fourth-order valence-electron chi connectivity index (χ4n) is 3.72. The van der Waals surface area contributed by atoms with Crippen LogP contribution in [0, 0.1) is 6.92 Å². The molecule has 1 heterocycles. The van der Waals surface area contributed by atoms with Crippen molar-refractivity contribution >= 4 is 29.0 Å². The molecule has 0 fully saturated rings. The van der Waals surface area contributed by atoms with E-state index in [1.807, 2.05) is 25.1 Å². The predicted octanol–water partition coefficient (Wildman–Crippen LogP) is 7.95. The first kappa shape index (κ1) is 24.8. The van der Waals surface area contributed by atoms with Crippen molar-refractivity contribution in [2.45, 2.75) is 26.6 Å². The molecule has 0 aliphatic rings. The van der Waals surface area contributed by atoms with Crippen LogP contribution in [-0.2, 0) is 12.8 Å². The van der Waals surface area contributed by atoms with E-state index in [4.69, 9.17) is 27.9 Å². The number of aromatic nitrogens is 2. The van der Waals surface area contributed by atoms with Gasteiger partial charge >= 0.3 is 6.18 Å². The summed E-state index contributed by atoms with van der Waals surface area (Å²) < 4.78 is 47.2. The number of carbonyl (C=O) groups excluding carboxylic acids is 1. The van der Waals surface area contributed by atoms with Gasteiger partial charge in [-0.25, -0.2) is 4.68 Å². The van der Waals surface area contributed by atoms with E-state index in [1.54, 1.807) is 30.3 Å². The number of hydrogen-bond donors (Lipinski definition) is 0. The average molecular weight is 519 g/mol. The molecule has 0 aliphatic heterocycles. The van der Waals surface area contributed by atoms with Gasteiger partial charge < -0.3 is 4.74 Å². The van der Waals surface area contributed by atoms with Crippen molar-refractivity contribution < 1.29 is 22.7 Å². The Morgan fingerprint density at radius 3 is 2.31 bits per heavy atom. The summed E-state index contributed by atoms with van der Waals surface area (Å²) in [7, 11) is 0. The van der Waals surface area contributed by atoms with E-state index in [9.17, 15) is 18.0 Å². The number of benzene rings is 3. The van der Waals surface area contributed by atoms with Crippen molar-refractivity contribution in [3.8, 4) is 22.6 Å². The zero-order chi connectivity index (χ0) is 25.3. The molecule has 0 saturated heterocycles. The Morgan fingerprint density at radius 2 is 1.69 bits per heavy atom. The van der Waals surface area contributed by atoms with Gasteiger partial charge in [0.1, 0.15) is 18.0 Å². The van der Waals surface area contributed by atoms with Crippen LogP contribution in [0.1, 0.15) is 34.2 Å². The van der Waals surface area contributed by atoms with E-state index in [-0.39, 0.29) is 33.8 Å². The number of carbonyl (C=O) groups is 1. The first-order valence-corrected chi connectivity index (χ1v) is 11.3. The van der Waals surface area contributed by atoms with Crippen molar-refractivity contribution in [2.75, 3.05) is 0 Å². The molecule has 0 atom stereocenters. The molecule has 3 aromatic carbocycles. The van der Waals surface area contributed by atoms with Crippen LogP contribution in [0.5, 0.6) is 5.75 Å². The topological polar surface area (TPSA) is 44.1 Å². The van der Waals surface area contributed by atoms with Crippen LogP contribution in [0.15, 0.2) is 66.7 Å². The Bertz CT molecular complexity index is 1390. The Morgan fingerprint density at radius 1 is 1.00 bits per heavy atom. The van der Waals surface area contributed by atoms with Crippen LogP contribution in [0.2, 0.25) is 10.0 Å². The summed E-state index contributed by atoms with van der Waals surface area (Å²) in [5, 5.41) is 4.00. The van der Waals surface area contributed by atoms with Gasteiger partial charge in [0, 0.05) is 5.56 Å². The second kappa shape index (κ2) is 9.76. The SMILES string of the molecule is CC(=O)c1ccccc1-c1ccc(OCc2cc(C(F)(F)F)nn2-c2c(Cl)cccc2Cl)c(C)c1. The number of halogens is 5. The summed E-state index contributed by atoms with van der Waals surface area (Å²) in [5.74, 6) is 0.422. The lowest BCUT2D eigenvalue weighted by Gasteiger charge is -2.14. The van der Waals surface area contributed by atoms with Gasteiger partial charge in [-0.1, -0.05) is 59.6 Å². The molecule has 0 unspecified atom stereocenters. The normalized spacial score (nSPS) is 11.5. The Hall–Kier alpha value is -3.29. The molecule has 0 spiro atoms. The maximum atomic E-state index is 13.4. The maximum absolute atomic E-state index is 13.4. The zero-order valence-electron chi connectivity index (χ0n) is 18.7. The number of hydrogen-bond acceptors (Lipinski definition) is 3. The fourth-order valence-corrected chi connectivity index (χ4v) is 4.28. The summed E-state index contributed by atoms with van der Waals surface area (Å²) in [5.41, 5.74) is 2.14. The molecule has 180 valence electrons. The molecule has 4 aromatic rings. The second-order valence-electron chi connectivity index (χ2n) is 7.87. The third kappa shape index (κ3) is 5.21. The monoisotopic (exact) mass is 518 g/mol. The first-order chi connectivity index (χ1) is 16.6. The van der Waals surface area contributed by atoms with Crippen molar-refractivity contribution in [1.82, 2.24) is 9.78 Å². The Labute approximate surface area is 209 Å². The van der Waals surface area contributed by atoms with Gasteiger partial charge in [0.2, 0.25) is 0 Å². The molecule has 35 heavy (non-hydrogen) atoms. The zero-order valence-corrected chi connectivity index (χ0v) is 20.2. The molecule has 0 N–H and O–H groups in total. The van der Waals surface area contributed by atoms with Gasteiger partial charge in [0.05, 0.1) is 15.7 Å². The summed E-state index contributed by atoms with van der Waals surface area (Å²) >= 11 is 12.4. The van der Waals surface area contributed by atoms with Gasteiger partial charge in [-0.05, 0) is 60.9 Å². The molecule has 0 bridgehead atoms. The minimum atomic E-state index is -4.66. The lowest BCUT2D eigenvalue weighted by molar-refractivity contribution is -0.141. The van der Waals surface area contributed by atoms with Crippen LogP contribution in [-0.4, -0.2) is 15.6 Å². The smallest absolute Gasteiger partial charge is 0.435 e. The highest BCUT2D eigenvalue weighted by Crippen LogP contribution is 2.34. The molecular formula is C26H19Cl2F3N2O2. The van der Waals surface area contributed by atoms with Gasteiger partial charge in [0.15, 0.2) is 11.5 Å². The number of aryl methyl sites for hydroxylation is 1. The minimum absolute atomic E-state index is 0.0504.